The first-order valence-corrected chi connectivity index (χ1v) is 8.28. The molecule has 3 aromatic rings. The fourth-order valence-electron chi connectivity index (χ4n) is 2.63. The quantitative estimate of drug-likeness (QED) is 0.591. The van der Waals surface area contributed by atoms with Crippen molar-refractivity contribution in [1.29, 1.82) is 0 Å². The predicted octanol–water partition coefficient (Wildman–Crippen LogP) is 4.04. The maximum atomic E-state index is 11.9. The van der Waals surface area contributed by atoms with E-state index in [0.717, 1.165) is 15.3 Å². The maximum Gasteiger partial charge on any atom is 0.345 e. The number of carbonyl (C=O) groups is 1. The third-order valence-corrected chi connectivity index (χ3v) is 5.09. The van der Waals surface area contributed by atoms with Crippen LogP contribution in [0, 0.1) is 0 Å². The van der Waals surface area contributed by atoms with Crippen molar-refractivity contribution in [3.8, 4) is 10.4 Å². The molecular weight excluding hydrogens is 393 g/mol. The Morgan fingerprint density at radius 2 is 1.62 bits per heavy atom. The number of rotatable bonds is 5. The van der Waals surface area contributed by atoms with Gasteiger partial charge in [0.05, 0.1) is 0 Å². The van der Waals surface area contributed by atoms with Gasteiger partial charge in [0.2, 0.25) is 5.60 Å². The fourth-order valence-corrected chi connectivity index (χ4v) is 3.52. The zero-order valence-electron chi connectivity index (χ0n) is 13.7. The van der Waals surface area contributed by atoms with E-state index in [1.54, 1.807) is 59.9 Å². The molecule has 4 nitrogen and oxygen atoms in total. The summed E-state index contributed by atoms with van der Waals surface area (Å²) in [5, 5.41) is 20.6. The van der Waals surface area contributed by atoms with Crippen molar-refractivity contribution in [2.75, 3.05) is 0 Å². The number of hydrogen-bond acceptors (Lipinski definition) is 4. The van der Waals surface area contributed by atoms with Crippen molar-refractivity contribution >= 4 is 42.1 Å². The van der Waals surface area contributed by atoms with Gasteiger partial charge in [0.25, 0.3) is 0 Å². The van der Waals surface area contributed by atoms with Gasteiger partial charge in [0, 0.05) is 21.9 Å². The third kappa shape index (κ3) is 4.09. The molecule has 1 heterocycles. The Hall–Kier alpha value is -1.89. The van der Waals surface area contributed by atoms with Crippen LogP contribution in [0.15, 0.2) is 66.7 Å². The number of aliphatic hydroxyl groups is 1. The molecule has 4 N–H and O–H groups in total. The molecule has 138 valence electrons. The number of benzene rings is 2. The second-order valence-electron chi connectivity index (χ2n) is 5.43. The molecule has 0 amide bonds. The number of nitrogens with two attached hydrogens (primary N) is 1. The molecule has 2 aromatic carbocycles. The van der Waals surface area contributed by atoms with E-state index in [-0.39, 0.29) is 24.8 Å². The van der Waals surface area contributed by atoms with Gasteiger partial charge in [-0.2, -0.15) is 0 Å². The molecule has 0 bridgehead atoms. The summed E-state index contributed by atoms with van der Waals surface area (Å²) in [7, 11) is 0. The fraction of sp³-hybridized carbons (Fsp3) is 0.105. The molecular formula is C19H19Cl2NO3S. The average Bonchev–Trinajstić information content (AvgIpc) is 3.11. The first-order valence-electron chi connectivity index (χ1n) is 7.46. The van der Waals surface area contributed by atoms with Crippen LogP contribution in [0.5, 0.6) is 0 Å². The summed E-state index contributed by atoms with van der Waals surface area (Å²) in [6.07, 6.45) is 0. The van der Waals surface area contributed by atoms with Crippen LogP contribution < -0.4 is 5.73 Å². The van der Waals surface area contributed by atoms with E-state index in [2.05, 4.69) is 0 Å². The summed E-state index contributed by atoms with van der Waals surface area (Å²) in [5.74, 6) is -1.31. The molecule has 1 aromatic heterocycles. The largest absolute Gasteiger partial charge is 0.479 e. The zero-order chi connectivity index (χ0) is 17.2. The van der Waals surface area contributed by atoms with Gasteiger partial charge < -0.3 is 15.9 Å². The van der Waals surface area contributed by atoms with Crippen molar-refractivity contribution in [3.05, 3.63) is 82.7 Å². The molecule has 0 unspecified atom stereocenters. The third-order valence-electron chi connectivity index (χ3n) is 3.93. The second kappa shape index (κ2) is 9.16. The lowest BCUT2D eigenvalue weighted by Crippen LogP contribution is -2.36. The molecule has 1 atom stereocenters. The number of carboxylic acids is 1. The highest BCUT2D eigenvalue weighted by atomic mass is 35.5. The molecule has 7 heteroatoms. The highest BCUT2D eigenvalue weighted by Gasteiger charge is 2.40. The van der Waals surface area contributed by atoms with Gasteiger partial charge in [-0.1, -0.05) is 48.5 Å². The van der Waals surface area contributed by atoms with Crippen LogP contribution in [-0.4, -0.2) is 16.2 Å². The van der Waals surface area contributed by atoms with E-state index >= 15 is 0 Å². The Morgan fingerprint density at radius 1 is 0.962 bits per heavy atom. The van der Waals surface area contributed by atoms with Crippen molar-refractivity contribution in [3.63, 3.8) is 0 Å². The van der Waals surface area contributed by atoms with Crippen LogP contribution in [0.4, 0.5) is 0 Å². The topological polar surface area (TPSA) is 83.5 Å². The van der Waals surface area contributed by atoms with Crippen LogP contribution in [0.1, 0.15) is 16.0 Å². The van der Waals surface area contributed by atoms with Gasteiger partial charge in [0.1, 0.15) is 0 Å². The van der Waals surface area contributed by atoms with Crippen LogP contribution in [-0.2, 0) is 16.9 Å². The molecule has 0 saturated carbocycles. The predicted molar refractivity (Wildman–Crippen MR) is 109 cm³/mol. The number of hydrogen-bond donors (Lipinski definition) is 3. The molecule has 0 saturated heterocycles. The van der Waals surface area contributed by atoms with Gasteiger partial charge in [0.15, 0.2) is 0 Å². The lowest BCUT2D eigenvalue weighted by atomic mass is 9.85. The number of thiophene rings is 1. The molecule has 0 fully saturated rings. The van der Waals surface area contributed by atoms with E-state index in [9.17, 15) is 15.0 Å². The SMILES string of the molecule is Cl.Cl.NCc1ccc(-c2cccc([C@](O)(C(=O)O)c3ccccc3)c2)s1. The van der Waals surface area contributed by atoms with Gasteiger partial charge in [-0.3, -0.25) is 0 Å². The number of halogens is 2. The van der Waals surface area contributed by atoms with Crippen LogP contribution in [0.25, 0.3) is 10.4 Å². The van der Waals surface area contributed by atoms with Crippen LogP contribution in [0.3, 0.4) is 0 Å². The average molecular weight is 412 g/mol. The van der Waals surface area contributed by atoms with E-state index in [1.807, 2.05) is 18.2 Å². The maximum absolute atomic E-state index is 11.9. The smallest absolute Gasteiger partial charge is 0.345 e. The van der Waals surface area contributed by atoms with Crippen molar-refractivity contribution in [2.24, 2.45) is 5.73 Å². The van der Waals surface area contributed by atoms with Gasteiger partial charge >= 0.3 is 5.97 Å². The molecule has 0 spiro atoms. The number of aliphatic carboxylic acids is 1. The minimum atomic E-state index is -2.09. The summed E-state index contributed by atoms with van der Waals surface area (Å²) in [6, 6.07) is 19.3. The summed E-state index contributed by atoms with van der Waals surface area (Å²) in [4.78, 5) is 13.9. The highest BCUT2D eigenvalue weighted by Crippen LogP contribution is 2.34. The summed E-state index contributed by atoms with van der Waals surface area (Å²) < 4.78 is 0. The zero-order valence-corrected chi connectivity index (χ0v) is 16.1. The minimum Gasteiger partial charge on any atom is -0.479 e. The second-order valence-corrected chi connectivity index (χ2v) is 6.60. The Bertz CT molecular complexity index is 870. The Morgan fingerprint density at radius 3 is 2.19 bits per heavy atom. The van der Waals surface area contributed by atoms with Crippen LogP contribution >= 0.6 is 36.2 Å². The highest BCUT2D eigenvalue weighted by molar-refractivity contribution is 7.15. The van der Waals surface area contributed by atoms with E-state index < -0.39 is 11.6 Å². The monoisotopic (exact) mass is 411 g/mol. The van der Waals surface area contributed by atoms with E-state index in [4.69, 9.17) is 5.73 Å². The lowest BCUT2D eigenvalue weighted by molar-refractivity contribution is -0.155. The van der Waals surface area contributed by atoms with Crippen molar-refractivity contribution < 1.29 is 15.0 Å². The van der Waals surface area contributed by atoms with Gasteiger partial charge in [-0.05, 0) is 29.3 Å². The van der Waals surface area contributed by atoms with E-state index in [0.29, 0.717) is 17.7 Å². The standard InChI is InChI=1S/C19H17NO3S.2ClH/c20-12-16-9-10-17(24-16)13-5-4-8-15(11-13)19(23,18(21)22)14-6-2-1-3-7-14;;/h1-11,23H,12,20H2,(H,21,22);2*1H/t19-;;/m0../s1. The molecule has 0 aliphatic rings. The Labute approximate surface area is 168 Å². The van der Waals surface area contributed by atoms with Gasteiger partial charge in [-0.25, -0.2) is 4.79 Å². The Balaban J connectivity index is 0.00000169. The Kier molecular flexibility index (Phi) is 7.81. The number of carboxylic acid groups (broad SMARTS) is 1. The van der Waals surface area contributed by atoms with E-state index in [1.165, 1.54) is 0 Å². The van der Waals surface area contributed by atoms with Crippen molar-refractivity contribution in [1.82, 2.24) is 0 Å². The molecule has 26 heavy (non-hydrogen) atoms. The molecule has 0 aliphatic heterocycles. The first-order chi connectivity index (χ1) is 11.6. The van der Waals surface area contributed by atoms with Crippen molar-refractivity contribution in [2.45, 2.75) is 12.1 Å². The molecule has 3 rings (SSSR count). The molecule has 0 aliphatic carbocycles. The summed E-state index contributed by atoms with van der Waals surface area (Å²) in [5.41, 5.74) is 5.05. The summed E-state index contributed by atoms with van der Waals surface area (Å²) in [6.45, 7) is 0.466. The summed E-state index contributed by atoms with van der Waals surface area (Å²) >= 11 is 1.56. The molecule has 0 radical (unpaired) electrons. The first kappa shape index (κ1) is 22.2. The minimum absolute atomic E-state index is 0. The normalized spacial score (nSPS) is 12.4. The lowest BCUT2D eigenvalue weighted by Gasteiger charge is -2.25. The van der Waals surface area contributed by atoms with Crippen LogP contribution in [0.2, 0.25) is 0 Å². The van der Waals surface area contributed by atoms with Gasteiger partial charge in [-0.15, -0.1) is 36.2 Å².